The van der Waals surface area contributed by atoms with Gasteiger partial charge in [-0.1, -0.05) is 30.3 Å². The molecule has 2 heterocycles. The van der Waals surface area contributed by atoms with E-state index in [4.69, 9.17) is 0 Å². The van der Waals surface area contributed by atoms with Gasteiger partial charge >= 0.3 is 0 Å². The zero-order valence-electron chi connectivity index (χ0n) is 12.2. The maximum absolute atomic E-state index is 13.7. The number of nitrogens with zero attached hydrogens (tertiary/aromatic N) is 2. The Morgan fingerprint density at radius 3 is 2.74 bits per heavy atom. The van der Waals surface area contributed by atoms with E-state index >= 15 is 0 Å². The van der Waals surface area contributed by atoms with Gasteiger partial charge in [0.15, 0.2) is 0 Å². The monoisotopic (exact) mass is 331 g/mol. The van der Waals surface area contributed by atoms with Crippen LogP contribution in [-0.4, -0.2) is 29.9 Å². The number of amides is 1. The van der Waals surface area contributed by atoms with Gasteiger partial charge in [-0.2, -0.15) is 0 Å². The van der Waals surface area contributed by atoms with Crippen molar-refractivity contribution in [1.82, 2.24) is 4.90 Å². The number of hydrogen-bond acceptors (Lipinski definition) is 3. The highest BCUT2D eigenvalue weighted by molar-refractivity contribution is 6.09. The minimum atomic E-state index is -0.281. The van der Waals surface area contributed by atoms with Crippen molar-refractivity contribution in [3.63, 3.8) is 0 Å². The maximum Gasteiger partial charge on any atom is 0.251 e. The van der Waals surface area contributed by atoms with E-state index in [2.05, 4.69) is 10.3 Å². The third-order valence-corrected chi connectivity index (χ3v) is 4.12. The first-order chi connectivity index (χ1) is 10.7. The minimum Gasteiger partial charge on any atom is -0.326 e. The number of aliphatic imine (C=N–C) groups is 1. The largest absolute Gasteiger partial charge is 0.326 e. The summed E-state index contributed by atoms with van der Waals surface area (Å²) >= 11 is 0. The molecule has 0 aromatic heterocycles. The fourth-order valence-electron chi connectivity index (χ4n) is 3.03. The van der Waals surface area contributed by atoms with Crippen molar-refractivity contribution in [3.05, 3.63) is 65.5 Å². The van der Waals surface area contributed by atoms with Crippen LogP contribution in [0.2, 0.25) is 0 Å². The molecule has 0 fully saturated rings. The predicted molar refractivity (Wildman–Crippen MR) is 89.6 cm³/mol. The van der Waals surface area contributed by atoms with Gasteiger partial charge in [0.25, 0.3) is 5.91 Å². The number of anilines is 1. The number of carbonyl (C=O) groups excluding carboxylic acids is 1. The smallest absolute Gasteiger partial charge is 0.251 e. The number of fused-ring (bicyclic) bond motifs is 2. The number of halogens is 2. The first-order valence-electron chi connectivity index (χ1n) is 7.18. The molecule has 0 bridgehead atoms. The standard InChI is InChI=1S/C17H14FN3O.ClH/c18-12-6-7-15-13(8-12)14(11-4-2-1-3-5-11)10-21-16(22)9-19-17(21)20-15;/h1-8,14H,9-10H2,(H,19,20);1H. The number of benzene rings is 2. The van der Waals surface area contributed by atoms with Crippen molar-refractivity contribution in [2.45, 2.75) is 5.92 Å². The predicted octanol–water partition coefficient (Wildman–Crippen LogP) is 3.00. The molecule has 4 nitrogen and oxygen atoms in total. The van der Waals surface area contributed by atoms with E-state index < -0.39 is 0 Å². The van der Waals surface area contributed by atoms with Gasteiger partial charge in [-0.3, -0.25) is 9.69 Å². The molecule has 2 aliphatic rings. The average molecular weight is 332 g/mol. The number of nitrogens with one attached hydrogen (secondary N) is 1. The van der Waals surface area contributed by atoms with Crippen LogP contribution >= 0.6 is 12.4 Å². The van der Waals surface area contributed by atoms with E-state index in [1.165, 1.54) is 12.1 Å². The first kappa shape index (κ1) is 15.5. The van der Waals surface area contributed by atoms with Gasteiger partial charge in [-0.05, 0) is 29.3 Å². The molecule has 23 heavy (non-hydrogen) atoms. The lowest BCUT2D eigenvalue weighted by atomic mass is 9.90. The van der Waals surface area contributed by atoms with Crippen molar-refractivity contribution >= 4 is 30.0 Å². The van der Waals surface area contributed by atoms with Crippen LogP contribution in [0.25, 0.3) is 0 Å². The molecule has 0 aliphatic carbocycles. The molecule has 2 aliphatic heterocycles. The van der Waals surface area contributed by atoms with Gasteiger partial charge in [0.2, 0.25) is 5.96 Å². The molecule has 6 heteroatoms. The lowest BCUT2D eigenvalue weighted by molar-refractivity contribution is -0.124. The zero-order chi connectivity index (χ0) is 15.1. The molecule has 1 N–H and O–H groups in total. The Kier molecular flexibility index (Phi) is 4.05. The molecule has 4 rings (SSSR count). The van der Waals surface area contributed by atoms with E-state index in [0.717, 1.165) is 16.8 Å². The van der Waals surface area contributed by atoms with E-state index in [1.807, 2.05) is 30.3 Å². The highest BCUT2D eigenvalue weighted by Gasteiger charge is 2.33. The van der Waals surface area contributed by atoms with Gasteiger partial charge in [0, 0.05) is 18.2 Å². The lowest BCUT2D eigenvalue weighted by Gasteiger charge is -2.21. The van der Waals surface area contributed by atoms with E-state index in [9.17, 15) is 9.18 Å². The normalized spacial score (nSPS) is 19.0. The van der Waals surface area contributed by atoms with Crippen LogP contribution in [0.3, 0.4) is 0 Å². The van der Waals surface area contributed by atoms with Crippen molar-refractivity contribution in [3.8, 4) is 0 Å². The lowest BCUT2D eigenvalue weighted by Crippen LogP contribution is -2.37. The van der Waals surface area contributed by atoms with Gasteiger partial charge in [-0.15, -0.1) is 12.4 Å². The topological polar surface area (TPSA) is 44.7 Å². The third-order valence-electron chi connectivity index (χ3n) is 4.12. The van der Waals surface area contributed by atoms with E-state index in [0.29, 0.717) is 12.5 Å². The van der Waals surface area contributed by atoms with Crippen LogP contribution < -0.4 is 5.32 Å². The molecule has 0 saturated carbocycles. The summed E-state index contributed by atoms with van der Waals surface area (Å²) in [5.41, 5.74) is 2.69. The fraction of sp³-hybridized carbons (Fsp3) is 0.176. The first-order valence-corrected chi connectivity index (χ1v) is 7.18. The number of carbonyl (C=O) groups is 1. The summed E-state index contributed by atoms with van der Waals surface area (Å²) in [6.07, 6.45) is 0. The molecule has 0 spiro atoms. The zero-order valence-corrected chi connectivity index (χ0v) is 13.0. The van der Waals surface area contributed by atoms with E-state index in [1.54, 1.807) is 11.0 Å². The fourth-order valence-corrected chi connectivity index (χ4v) is 3.03. The van der Waals surface area contributed by atoms with Gasteiger partial charge in [-0.25, -0.2) is 9.38 Å². The maximum atomic E-state index is 13.7. The quantitative estimate of drug-likeness (QED) is 0.873. The second-order valence-corrected chi connectivity index (χ2v) is 5.46. The summed E-state index contributed by atoms with van der Waals surface area (Å²) in [5.74, 6) is 0.152. The highest BCUT2D eigenvalue weighted by Crippen LogP contribution is 2.35. The second kappa shape index (κ2) is 6.01. The van der Waals surface area contributed by atoms with Gasteiger partial charge in [0.1, 0.15) is 12.4 Å². The Hall–Kier alpha value is -2.40. The van der Waals surface area contributed by atoms with Crippen LogP contribution in [0, 0.1) is 5.82 Å². The Morgan fingerprint density at radius 1 is 1.17 bits per heavy atom. The van der Waals surface area contributed by atoms with Gasteiger partial charge < -0.3 is 5.32 Å². The Labute approximate surface area is 139 Å². The SMILES string of the molecule is Cl.O=C1CN=C2Nc3ccc(F)cc3C(c3ccccc3)CN12. The van der Waals surface area contributed by atoms with Crippen LogP contribution in [0.4, 0.5) is 10.1 Å². The summed E-state index contributed by atoms with van der Waals surface area (Å²) in [4.78, 5) is 17.9. The molecule has 1 amide bonds. The molecule has 0 saturated heterocycles. The molecule has 2 aromatic rings. The summed E-state index contributed by atoms with van der Waals surface area (Å²) < 4.78 is 13.7. The van der Waals surface area contributed by atoms with Crippen molar-refractivity contribution in [2.24, 2.45) is 4.99 Å². The number of rotatable bonds is 1. The Balaban J connectivity index is 0.00000156. The van der Waals surface area contributed by atoms with E-state index in [-0.39, 0.29) is 36.6 Å². The van der Waals surface area contributed by atoms with Crippen LogP contribution in [0.5, 0.6) is 0 Å². The summed E-state index contributed by atoms with van der Waals surface area (Å²) in [6.45, 7) is 0.630. The summed E-state index contributed by atoms with van der Waals surface area (Å²) in [7, 11) is 0. The summed E-state index contributed by atoms with van der Waals surface area (Å²) in [5, 5.41) is 3.17. The molecule has 1 unspecified atom stereocenters. The highest BCUT2D eigenvalue weighted by atomic mass is 35.5. The summed E-state index contributed by atoms with van der Waals surface area (Å²) in [6, 6.07) is 14.5. The average Bonchev–Trinajstić information content (AvgIpc) is 2.79. The van der Waals surface area contributed by atoms with Crippen LogP contribution in [-0.2, 0) is 4.79 Å². The van der Waals surface area contributed by atoms with Crippen LogP contribution in [0.15, 0.2) is 53.5 Å². The number of hydrogen-bond donors (Lipinski definition) is 1. The van der Waals surface area contributed by atoms with Crippen molar-refractivity contribution < 1.29 is 9.18 Å². The molecular weight excluding hydrogens is 317 g/mol. The third kappa shape index (κ3) is 2.68. The molecule has 1 atom stereocenters. The minimum absolute atomic E-state index is 0. The Morgan fingerprint density at radius 2 is 1.96 bits per heavy atom. The molecule has 2 aromatic carbocycles. The van der Waals surface area contributed by atoms with Crippen molar-refractivity contribution in [2.75, 3.05) is 18.4 Å². The second-order valence-electron chi connectivity index (χ2n) is 5.46. The van der Waals surface area contributed by atoms with Crippen molar-refractivity contribution in [1.29, 1.82) is 0 Å². The Bertz CT molecular complexity index is 779. The van der Waals surface area contributed by atoms with Gasteiger partial charge in [0.05, 0.1) is 0 Å². The van der Waals surface area contributed by atoms with Crippen LogP contribution in [0.1, 0.15) is 17.0 Å². The molecule has 118 valence electrons. The molecular formula is C17H15ClFN3O. The number of guanidine groups is 1. The molecule has 0 radical (unpaired) electrons.